The van der Waals surface area contributed by atoms with Crippen molar-refractivity contribution in [3.05, 3.63) is 12.2 Å². The van der Waals surface area contributed by atoms with Crippen LogP contribution in [0.5, 0.6) is 0 Å². The van der Waals surface area contributed by atoms with Crippen molar-refractivity contribution < 1.29 is 19.4 Å². The van der Waals surface area contributed by atoms with Crippen LogP contribution in [0.25, 0.3) is 0 Å². The fraction of sp³-hybridized carbons (Fsp3) is 0.769. The average Bonchev–Trinajstić information content (AvgIpc) is 2.23. The monoisotopic (exact) mass is 278 g/mol. The summed E-state index contributed by atoms with van der Waals surface area (Å²) in [4.78, 5) is 11.1. The standard InChI is InChI=1S/C13H26O4S/c1-11(2)13(15)17-10-12(14)9-16-7-6-8-18(3,4)5/h12,14H,1,6-10H2,2-5H3. The summed E-state index contributed by atoms with van der Waals surface area (Å²) in [6, 6.07) is 0. The Morgan fingerprint density at radius 3 is 2.44 bits per heavy atom. The Hall–Kier alpha value is -0.520. The third-order valence-corrected chi connectivity index (χ3v) is 3.62. The first-order valence-electron chi connectivity index (χ1n) is 5.97. The van der Waals surface area contributed by atoms with Crippen LogP contribution in [0.3, 0.4) is 0 Å². The Labute approximate surface area is 112 Å². The Balaban J connectivity index is 3.51. The van der Waals surface area contributed by atoms with Crippen molar-refractivity contribution in [2.75, 3.05) is 44.3 Å². The molecular weight excluding hydrogens is 252 g/mol. The lowest BCUT2D eigenvalue weighted by molar-refractivity contribution is -0.143. The molecule has 1 N–H and O–H groups in total. The molecule has 0 aliphatic heterocycles. The number of esters is 1. The van der Waals surface area contributed by atoms with Gasteiger partial charge >= 0.3 is 5.97 Å². The van der Waals surface area contributed by atoms with Crippen molar-refractivity contribution in [3.63, 3.8) is 0 Å². The van der Waals surface area contributed by atoms with E-state index in [2.05, 4.69) is 25.3 Å². The molecule has 0 aliphatic rings. The molecule has 0 radical (unpaired) electrons. The van der Waals surface area contributed by atoms with Crippen LogP contribution < -0.4 is 0 Å². The maximum Gasteiger partial charge on any atom is 0.333 e. The lowest BCUT2D eigenvalue weighted by Gasteiger charge is -2.24. The SMILES string of the molecule is C=C(C)C(=O)OCC(O)COCCCS(C)(C)C. The zero-order valence-corrected chi connectivity index (χ0v) is 12.7. The molecule has 0 aromatic rings. The Kier molecular flexibility index (Phi) is 8.31. The van der Waals surface area contributed by atoms with Gasteiger partial charge in [0.2, 0.25) is 0 Å². The Bertz CT molecular complexity index is 271. The summed E-state index contributed by atoms with van der Waals surface area (Å²) in [7, 11) is -0.477. The molecule has 108 valence electrons. The lowest BCUT2D eigenvalue weighted by atomic mass is 10.3. The average molecular weight is 278 g/mol. The predicted octanol–water partition coefficient (Wildman–Crippen LogP) is 1.57. The largest absolute Gasteiger partial charge is 0.460 e. The molecule has 1 atom stereocenters. The lowest BCUT2D eigenvalue weighted by Crippen LogP contribution is -2.24. The highest BCUT2D eigenvalue weighted by atomic mass is 32.3. The molecule has 1 unspecified atom stereocenters. The fourth-order valence-corrected chi connectivity index (χ4v) is 2.14. The van der Waals surface area contributed by atoms with E-state index in [-0.39, 0.29) is 13.2 Å². The van der Waals surface area contributed by atoms with E-state index in [0.717, 1.165) is 12.2 Å². The number of hydrogen-bond donors (Lipinski definition) is 1. The summed E-state index contributed by atoms with van der Waals surface area (Å²) in [6.45, 7) is 5.81. The molecule has 0 aliphatic carbocycles. The second kappa shape index (κ2) is 8.56. The van der Waals surface area contributed by atoms with Gasteiger partial charge in [0.05, 0.1) is 6.61 Å². The molecular formula is C13H26O4S. The first kappa shape index (κ1) is 17.5. The maximum absolute atomic E-state index is 11.1. The van der Waals surface area contributed by atoms with Crippen LogP contribution in [-0.2, 0) is 14.3 Å². The van der Waals surface area contributed by atoms with E-state index in [1.165, 1.54) is 0 Å². The number of aliphatic hydroxyl groups excluding tert-OH is 1. The van der Waals surface area contributed by atoms with Crippen LogP contribution in [0, 0.1) is 0 Å². The minimum absolute atomic E-state index is 0.0454. The number of hydrogen-bond acceptors (Lipinski definition) is 4. The van der Waals surface area contributed by atoms with Crippen molar-refractivity contribution in [2.45, 2.75) is 19.4 Å². The van der Waals surface area contributed by atoms with Gasteiger partial charge in [0.1, 0.15) is 12.7 Å². The Morgan fingerprint density at radius 2 is 1.94 bits per heavy atom. The number of carbonyl (C=O) groups excluding carboxylic acids is 1. The van der Waals surface area contributed by atoms with Gasteiger partial charge in [0, 0.05) is 12.2 Å². The molecule has 0 aromatic heterocycles. The molecule has 0 saturated heterocycles. The smallest absolute Gasteiger partial charge is 0.333 e. The molecule has 4 nitrogen and oxygen atoms in total. The van der Waals surface area contributed by atoms with E-state index in [0.29, 0.717) is 12.2 Å². The van der Waals surface area contributed by atoms with Gasteiger partial charge in [-0.25, -0.2) is 14.8 Å². The van der Waals surface area contributed by atoms with Crippen LogP contribution in [0.2, 0.25) is 0 Å². The predicted molar refractivity (Wildman–Crippen MR) is 77.4 cm³/mol. The van der Waals surface area contributed by atoms with E-state index in [1.807, 2.05) is 0 Å². The van der Waals surface area contributed by atoms with Gasteiger partial charge < -0.3 is 14.6 Å². The molecule has 0 spiro atoms. The topological polar surface area (TPSA) is 55.8 Å². The summed E-state index contributed by atoms with van der Waals surface area (Å²) in [5.74, 6) is 0.679. The molecule has 0 rings (SSSR count). The molecule has 0 fully saturated rings. The summed E-state index contributed by atoms with van der Waals surface area (Å²) >= 11 is 0. The minimum Gasteiger partial charge on any atom is -0.460 e. The first-order chi connectivity index (χ1) is 8.22. The third-order valence-electron chi connectivity index (χ3n) is 2.11. The summed E-state index contributed by atoms with van der Waals surface area (Å²) in [5, 5.41) is 9.51. The third kappa shape index (κ3) is 10.6. The van der Waals surface area contributed by atoms with Crippen LogP contribution in [0.15, 0.2) is 12.2 Å². The van der Waals surface area contributed by atoms with Crippen molar-refractivity contribution in [2.24, 2.45) is 0 Å². The molecule has 0 saturated carbocycles. The van der Waals surface area contributed by atoms with Crippen molar-refractivity contribution >= 4 is 16.0 Å². The zero-order chi connectivity index (χ0) is 14.2. The van der Waals surface area contributed by atoms with Crippen molar-refractivity contribution in [1.82, 2.24) is 0 Å². The highest BCUT2D eigenvalue weighted by molar-refractivity contribution is 8.32. The normalized spacial score (nSPS) is 14.1. The Morgan fingerprint density at radius 1 is 1.33 bits per heavy atom. The quantitative estimate of drug-likeness (QED) is 0.395. The molecule has 0 heterocycles. The first-order valence-corrected chi connectivity index (χ1v) is 8.99. The van der Waals surface area contributed by atoms with Gasteiger partial charge in [-0.1, -0.05) is 6.58 Å². The van der Waals surface area contributed by atoms with Crippen LogP contribution in [0.4, 0.5) is 0 Å². The molecule has 5 heteroatoms. The minimum atomic E-state index is -0.768. The number of aliphatic hydroxyl groups is 1. The van der Waals surface area contributed by atoms with Gasteiger partial charge in [0.15, 0.2) is 0 Å². The zero-order valence-electron chi connectivity index (χ0n) is 11.9. The number of carbonyl (C=O) groups is 1. The number of rotatable bonds is 9. The second-order valence-corrected chi connectivity index (χ2v) is 9.85. The fourth-order valence-electron chi connectivity index (χ4n) is 1.16. The van der Waals surface area contributed by atoms with E-state index in [9.17, 15) is 9.90 Å². The van der Waals surface area contributed by atoms with E-state index < -0.39 is 22.1 Å². The summed E-state index contributed by atoms with van der Waals surface area (Å²) < 4.78 is 10.1. The maximum atomic E-state index is 11.1. The van der Waals surface area contributed by atoms with Crippen molar-refractivity contribution in [1.29, 1.82) is 0 Å². The highest BCUT2D eigenvalue weighted by Gasteiger charge is 2.09. The number of ether oxygens (including phenoxy) is 2. The van der Waals surface area contributed by atoms with E-state index in [1.54, 1.807) is 6.92 Å². The molecule has 0 amide bonds. The van der Waals surface area contributed by atoms with E-state index in [4.69, 9.17) is 9.47 Å². The molecule has 0 bridgehead atoms. The van der Waals surface area contributed by atoms with E-state index >= 15 is 0 Å². The summed E-state index contributed by atoms with van der Waals surface area (Å²) in [5.41, 5.74) is 0.330. The molecule has 18 heavy (non-hydrogen) atoms. The van der Waals surface area contributed by atoms with Crippen LogP contribution in [0.1, 0.15) is 13.3 Å². The molecule has 0 aromatic carbocycles. The van der Waals surface area contributed by atoms with Crippen molar-refractivity contribution in [3.8, 4) is 0 Å². The second-order valence-electron chi connectivity index (χ2n) is 5.26. The summed E-state index contributed by atoms with van der Waals surface area (Å²) in [6.07, 6.45) is 7.02. The van der Waals surface area contributed by atoms with Gasteiger partial charge in [0.25, 0.3) is 0 Å². The van der Waals surface area contributed by atoms with Gasteiger partial charge in [-0.15, -0.1) is 0 Å². The van der Waals surface area contributed by atoms with Gasteiger partial charge in [-0.05, 0) is 37.9 Å². The van der Waals surface area contributed by atoms with Crippen LogP contribution in [-0.4, -0.2) is 61.5 Å². The van der Waals surface area contributed by atoms with Gasteiger partial charge in [-0.3, -0.25) is 0 Å². The highest BCUT2D eigenvalue weighted by Crippen LogP contribution is 2.34. The van der Waals surface area contributed by atoms with Crippen LogP contribution >= 0.6 is 10.0 Å². The van der Waals surface area contributed by atoms with Gasteiger partial charge in [-0.2, -0.15) is 0 Å².